The number of rotatable bonds is 5. The van der Waals surface area contributed by atoms with E-state index in [2.05, 4.69) is 25.5 Å². The molecule has 21 heavy (non-hydrogen) atoms. The monoisotopic (exact) mass is 309 g/mol. The highest BCUT2D eigenvalue weighted by Crippen LogP contribution is 2.31. The molecule has 1 atom stereocenters. The summed E-state index contributed by atoms with van der Waals surface area (Å²) in [6.07, 6.45) is 1.37. The number of anilines is 1. The van der Waals surface area contributed by atoms with Crippen LogP contribution in [0.4, 0.5) is 5.82 Å². The van der Waals surface area contributed by atoms with Crippen molar-refractivity contribution in [3.63, 3.8) is 0 Å². The lowest BCUT2D eigenvalue weighted by Gasteiger charge is -2.09. The van der Waals surface area contributed by atoms with Gasteiger partial charge >= 0.3 is 5.97 Å². The summed E-state index contributed by atoms with van der Waals surface area (Å²) in [6.45, 7) is 3.91. The van der Waals surface area contributed by atoms with Gasteiger partial charge in [-0.05, 0) is 24.3 Å². The van der Waals surface area contributed by atoms with Crippen LogP contribution in [-0.2, 0) is 11.8 Å². The molecule has 9 nitrogen and oxygen atoms in total. The summed E-state index contributed by atoms with van der Waals surface area (Å²) in [4.78, 5) is 19.8. The first-order valence-electron chi connectivity index (χ1n) is 6.21. The van der Waals surface area contributed by atoms with E-state index in [-0.39, 0.29) is 23.2 Å². The Labute approximate surface area is 125 Å². The van der Waals surface area contributed by atoms with Crippen molar-refractivity contribution < 1.29 is 9.53 Å². The zero-order valence-electron chi connectivity index (χ0n) is 11.8. The molecule has 112 valence electrons. The molecular weight excluding hydrogens is 294 g/mol. The van der Waals surface area contributed by atoms with Crippen LogP contribution < -0.4 is 5.73 Å². The lowest BCUT2D eigenvalue weighted by Crippen LogP contribution is -2.11. The van der Waals surface area contributed by atoms with E-state index in [4.69, 9.17) is 10.5 Å². The molecule has 0 bridgehead atoms. The number of aryl methyl sites for hydroxylation is 1. The number of tetrazole rings is 1. The molecule has 0 aliphatic rings. The maximum Gasteiger partial charge on any atom is 0.343 e. The minimum Gasteiger partial charge on any atom is -0.462 e. The van der Waals surface area contributed by atoms with Crippen LogP contribution in [0.25, 0.3) is 0 Å². The average Bonchev–Trinajstić information content (AvgIpc) is 2.85. The molecule has 0 aliphatic carbocycles. The van der Waals surface area contributed by atoms with Crippen LogP contribution in [0.15, 0.2) is 11.4 Å². The molecule has 10 heteroatoms. The highest BCUT2D eigenvalue weighted by atomic mass is 32.2. The average molecular weight is 309 g/mol. The van der Waals surface area contributed by atoms with Gasteiger partial charge in [0.1, 0.15) is 11.4 Å². The van der Waals surface area contributed by atoms with Gasteiger partial charge in [-0.3, -0.25) is 0 Å². The van der Waals surface area contributed by atoms with Crippen LogP contribution in [0.5, 0.6) is 0 Å². The van der Waals surface area contributed by atoms with Crippen molar-refractivity contribution >= 4 is 23.5 Å². The van der Waals surface area contributed by atoms with E-state index in [0.717, 1.165) is 0 Å². The fourth-order valence-corrected chi connectivity index (χ4v) is 2.48. The third-order valence-corrected chi connectivity index (χ3v) is 3.56. The third-order valence-electron chi connectivity index (χ3n) is 2.59. The smallest absolute Gasteiger partial charge is 0.343 e. The molecule has 0 amide bonds. The zero-order chi connectivity index (χ0) is 15.4. The van der Waals surface area contributed by atoms with Crippen LogP contribution in [0, 0.1) is 0 Å². The van der Waals surface area contributed by atoms with Crippen molar-refractivity contribution in [3.8, 4) is 0 Å². The van der Waals surface area contributed by atoms with Crippen molar-refractivity contribution in [1.29, 1.82) is 0 Å². The molecule has 2 heterocycles. The Bertz CT molecular complexity index is 645. The number of ether oxygens (including phenoxy) is 1. The fraction of sp³-hybridized carbons (Fsp3) is 0.455. The fourth-order valence-electron chi connectivity index (χ4n) is 1.59. The number of carbonyl (C=O) groups is 1. The summed E-state index contributed by atoms with van der Waals surface area (Å²) >= 11 is 1.35. The molecule has 0 fully saturated rings. The number of hydrogen-bond acceptors (Lipinski definition) is 9. The van der Waals surface area contributed by atoms with Crippen molar-refractivity contribution in [1.82, 2.24) is 30.2 Å². The van der Waals surface area contributed by atoms with Gasteiger partial charge in [-0.15, -0.1) is 5.10 Å². The number of nitrogens with two attached hydrogens (primary N) is 1. The first-order valence-corrected chi connectivity index (χ1v) is 7.09. The molecule has 0 aliphatic heterocycles. The topological polar surface area (TPSA) is 122 Å². The van der Waals surface area contributed by atoms with Gasteiger partial charge in [0.05, 0.1) is 11.9 Å². The Balaban J connectivity index is 2.13. The predicted octanol–water partition coefficient (Wildman–Crippen LogP) is 0.612. The van der Waals surface area contributed by atoms with E-state index in [1.807, 2.05) is 6.92 Å². The van der Waals surface area contributed by atoms with Gasteiger partial charge in [-0.2, -0.15) is 0 Å². The molecule has 0 saturated carbocycles. The first kappa shape index (κ1) is 15.2. The lowest BCUT2D eigenvalue weighted by atomic mass is 10.3. The van der Waals surface area contributed by atoms with Crippen LogP contribution in [0.3, 0.4) is 0 Å². The summed E-state index contributed by atoms with van der Waals surface area (Å²) in [5.74, 6) is 0.253. The summed E-state index contributed by atoms with van der Waals surface area (Å²) in [5.41, 5.74) is 5.93. The summed E-state index contributed by atoms with van der Waals surface area (Å²) < 4.78 is 6.45. The van der Waals surface area contributed by atoms with Gasteiger partial charge in [0.15, 0.2) is 11.0 Å². The number of hydrogen-bond donors (Lipinski definition) is 1. The number of carbonyl (C=O) groups excluding carboxylic acids is 1. The third kappa shape index (κ3) is 3.45. The van der Waals surface area contributed by atoms with Crippen molar-refractivity contribution in [2.24, 2.45) is 7.05 Å². The zero-order valence-corrected chi connectivity index (χ0v) is 12.7. The van der Waals surface area contributed by atoms with E-state index < -0.39 is 5.97 Å². The van der Waals surface area contributed by atoms with Gasteiger partial charge in [0.25, 0.3) is 0 Å². The van der Waals surface area contributed by atoms with E-state index in [9.17, 15) is 4.79 Å². The van der Waals surface area contributed by atoms with Crippen LogP contribution in [0.1, 0.15) is 35.3 Å². The Morgan fingerprint density at radius 1 is 1.57 bits per heavy atom. The molecule has 0 saturated heterocycles. The molecule has 2 rings (SSSR count). The maximum atomic E-state index is 11.6. The standard InChI is InChI=1S/C11H15N7O2S/c1-4-20-10(19)7-5-13-11(14-8(7)12)21-6(2)9-15-16-17-18(9)3/h5-6H,4H2,1-3H3,(H2,12,13,14). The lowest BCUT2D eigenvalue weighted by molar-refractivity contribution is 0.0526. The summed E-state index contributed by atoms with van der Waals surface area (Å²) in [5, 5.41) is 11.7. The molecule has 2 aromatic heterocycles. The normalized spacial score (nSPS) is 12.1. The van der Waals surface area contributed by atoms with E-state index in [1.54, 1.807) is 18.7 Å². The number of thioether (sulfide) groups is 1. The van der Waals surface area contributed by atoms with E-state index >= 15 is 0 Å². The van der Waals surface area contributed by atoms with Crippen molar-refractivity contribution in [3.05, 3.63) is 17.6 Å². The molecule has 0 radical (unpaired) electrons. The Morgan fingerprint density at radius 3 is 2.90 bits per heavy atom. The summed E-state index contributed by atoms with van der Waals surface area (Å²) in [7, 11) is 1.76. The van der Waals surface area contributed by atoms with Crippen molar-refractivity contribution in [2.45, 2.75) is 24.3 Å². The highest BCUT2D eigenvalue weighted by Gasteiger charge is 2.18. The largest absolute Gasteiger partial charge is 0.462 e. The van der Waals surface area contributed by atoms with Gasteiger partial charge < -0.3 is 10.5 Å². The van der Waals surface area contributed by atoms with Crippen LogP contribution in [-0.4, -0.2) is 42.8 Å². The highest BCUT2D eigenvalue weighted by molar-refractivity contribution is 7.99. The van der Waals surface area contributed by atoms with E-state index in [1.165, 1.54) is 18.0 Å². The molecule has 0 aromatic carbocycles. The maximum absolute atomic E-state index is 11.6. The number of nitrogens with zero attached hydrogens (tertiary/aromatic N) is 6. The Kier molecular flexibility index (Phi) is 4.68. The number of nitrogen functional groups attached to an aromatic ring is 1. The minimum atomic E-state index is -0.530. The summed E-state index contributed by atoms with van der Waals surface area (Å²) in [6, 6.07) is 0. The Hall–Kier alpha value is -2.23. The van der Waals surface area contributed by atoms with Gasteiger partial charge in [0.2, 0.25) is 0 Å². The SMILES string of the molecule is CCOC(=O)c1cnc(SC(C)c2nnnn2C)nc1N. The second-order valence-electron chi connectivity index (χ2n) is 4.09. The molecule has 2 aromatic rings. The van der Waals surface area contributed by atoms with Crippen molar-refractivity contribution in [2.75, 3.05) is 12.3 Å². The first-order chi connectivity index (χ1) is 10.0. The molecule has 0 spiro atoms. The minimum absolute atomic E-state index is 0.0576. The van der Waals surface area contributed by atoms with E-state index in [0.29, 0.717) is 11.0 Å². The second kappa shape index (κ2) is 6.48. The number of aromatic nitrogens is 6. The van der Waals surface area contributed by atoms with Crippen LogP contribution in [0.2, 0.25) is 0 Å². The predicted molar refractivity (Wildman–Crippen MR) is 75.5 cm³/mol. The number of esters is 1. The second-order valence-corrected chi connectivity index (χ2v) is 5.40. The molecule has 1 unspecified atom stereocenters. The quantitative estimate of drug-likeness (QED) is 0.481. The molecular formula is C11H15N7O2S. The van der Waals surface area contributed by atoms with Gasteiger partial charge in [-0.1, -0.05) is 11.8 Å². The van der Waals surface area contributed by atoms with Gasteiger partial charge in [-0.25, -0.2) is 19.4 Å². The molecule has 2 N–H and O–H groups in total. The van der Waals surface area contributed by atoms with Crippen LogP contribution >= 0.6 is 11.8 Å². The Morgan fingerprint density at radius 2 is 2.33 bits per heavy atom. The van der Waals surface area contributed by atoms with Gasteiger partial charge in [0, 0.05) is 13.2 Å².